The largest absolute Gasteiger partial charge is 0.487 e. The standard InChI is InChI=1S/C24H22ClNO4/c1-15-4-6-18(7-5-15)14-29-20-8-9-22(26-13-20)30-24-17(3)10-19(12-21(24)25)16(2)11-23(27)28/h4-13H,14H2,1-3H3,(H,27,28)/b16-11-. The van der Waals surface area contributed by atoms with Crippen molar-refractivity contribution >= 4 is 23.1 Å². The molecule has 0 radical (unpaired) electrons. The molecule has 2 aromatic carbocycles. The van der Waals surface area contributed by atoms with E-state index in [1.807, 2.05) is 44.2 Å². The van der Waals surface area contributed by atoms with Crippen LogP contribution in [0, 0.1) is 13.8 Å². The van der Waals surface area contributed by atoms with Gasteiger partial charge in [-0.3, -0.25) is 0 Å². The van der Waals surface area contributed by atoms with Crippen LogP contribution in [0.25, 0.3) is 5.57 Å². The van der Waals surface area contributed by atoms with E-state index in [4.69, 9.17) is 26.2 Å². The second-order valence-electron chi connectivity index (χ2n) is 6.98. The highest BCUT2D eigenvalue weighted by Gasteiger charge is 2.12. The zero-order valence-corrected chi connectivity index (χ0v) is 17.7. The van der Waals surface area contributed by atoms with Gasteiger partial charge >= 0.3 is 5.97 Å². The van der Waals surface area contributed by atoms with E-state index in [9.17, 15) is 4.79 Å². The summed E-state index contributed by atoms with van der Waals surface area (Å²) in [6.07, 6.45) is 2.74. The predicted molar refractivity (Wildman–Crippen MR) is 117 cm³/mol. The van der Waals surface area contributed by atoms with E-state index in [1.165, 1.54) is 5.56 Å². The highest BCUT2D eigenvalue weighted by molar-refractivity contribution is 6.32. The van der Waals surface area contributed by atoms with Crippen LogP contribution in [0.2, 0.25) is 5.02 Å². The number of hydrogen-bond acceptors (Lipinski definition) is 4. The number of allylic oxidation sites excluding steroid dienone is 1. The molecule has 1 N–H and O–H groups in total. The van der Waals surface area contributed by atoms with Crippen molar-refractivity contribution in [2.24, 2.45) is 0 Å². The predicted octanol–water partition coefficient (Wildman–Crippen LogP) is 6.21. The van der Waals surface area contributed by atoms with Gasteiger partial charge in [0.25, 0.3) is 0 Å². The second kappa shape index (κ2) is 9.46. The van der Waals surface area contributed by atoms with E-state index >= 15 is 0 Å². The molecule has 0 fully saturated rings. The number of rotatable bonds is 7. The van der Waals surface area contributed by atoms with Crippen LogP contribution in [-0.4, -0.2) is 16.1 Å². The summed E-state index contributed by atoms with van der Waals surface area (Å²) < 4.78 is 11.6. The van der Waals surface area contributed by atoms with Crippen LogP contribution in [0.1, 0.15) is 29.2 Å². The van der Waals surface area contributed by atoms with E-state index in [-0.39, 0.29) is 0 Å². The molecule has 0 bridgehead atoms. The van der Waals surface area contributed by atoms with Crippen LogP contribution in [0.4, 0.5) is 0 Å². The van der Waals surface area contributed by atoms with Crippen LogP contribution in [0.3, 0.4) is 0 Å². The molecule has 0 aliphatic carbocycles. The van der Waals surface area contributed by atoms with Gasteiger partial charge in [0.1, 0.15) is 12.4 Å². The minimum Gasteiger partial charge on any atom is -0.487 e. The Morgan fingerprint density at radius 1 is 1.13 bits per heavy atom. The van der Waals surface area contributed by atoms with Gasteiger partial charge in [-0.1, -0.05) is 41.4 Å². The summed E-state index contributed by atoms with van der Waals surface area (Å²) >= 11 is 6.37. The van der Waals surface area contributed by atoms with Gasteiger partial charge in [0.05, 0.1) is 11.2 Å². The third-order valence-corrected chi connectivity index (χ3v) is 4.75. The van der Waals surface area contributed by atoms with Crippen molar-refractivity contribution in [1.82, 2.24) is 4.98 Å². The van der Waals surface area contributed by atoms with Gasteiger partial charge in [0.15, 0.2) is 5.75 Å². The lowest BCUT2D eigenvalue weighted by molar-refractivity contribution is -0.131. The fourth-order valence-corrected chi connectivity index (χ4v) is 3.13. The van der Waals surface area contributed by atoms with E-state index in [0.29, 0.717) is 34.6 Å². The SMILES string of the molecule is C/C(=C/C(=O)O)c1cc(C)c(Oc2ccc(OCc3ccc(C)cc3)cn2)c(Cl)c1. The first-order valence-electron chi connectivity index (χ1n) is 9.36. The summed E-state index contributed by atoms with van der Waals surface area (Å²) in [6, 6.07) is 15.2. The molecule has 0 amide bonds. The van der Waals surface area contributed by atoms with E-state index in [0.717, 1.165) is 22.8 Å². The summed E-state index contributed by atoms with van der Waals surface area (Å²) in [4.78, 5) is 15.2. The van der Waals surface area contributed by atoms with Crippen molar-refractivity contribution in [1.29, 1.82) is 0 Å². The number of nitrogens with zero attached hydrogens (tertiary/aromatic N) is 1. The molecule has 154 valence electrons. The molecule has 0 aliphatic rings. The topological polar surface area (TPSA) is 68.7 Å². The quantitative estimate of drug-likeness (QED) is 0.457. The van der Waals surface area contributed by atoms with Crippen LogP contribution in [0.5, 0.6) is 17.4 Å². The number of aromatic nitrogens is 1. The number of hydrogen-bond donors (Lipinski definition) is 1. The molecular weight excluding hydrogens is 402 g/mol. The molecule has 0 saturated heterocycles. The zero-order chi connectivity index (χ0) is 21.7. The first-order chi connectivity index (χ1) is 14.3. The first kappa shape index (κ1) is 21.4. The minimum atomic E-state index is -1.00. The minimum absolute atomic E-state index is 0.379. The molecule has 3 rings (SSSR count). The first-order valence-corrected chi connectivity index (χ1v) is 9.73. The van der Waals surface area contributed by atoms with Crippen LogP contribution in [-0.2, 0) is 11.4 Å². The maximum Gasteiger partial charge on any atom is 0.328 e. The van der Waals surface area contributed by atoms with Gasteiger partial charge in [-0.2, -0.15) is 0 Å². The molecule has 0 saturated carbocycles. The van der Waals surface area contributed by atoms with Crippen molar-refractivity contribution in [3.05, 3.63) is 88.1 Å². The molecule has 30 heavy (non-hydrogen) atoms. The van der Waals surface area contributed by atoms with Crippen molar-refractivity contribution in [2.75, 3.05) is 0 Å². The highest BCUT2D eigenvalue weighted by atomic mass is 35.5. The molecule has 1 aromatic heterocycles. The Morgan fingerprint density at radius 3 is 2.47 bits per heavy atom. The second-order valence-corrected chi connectivity index (χ2v) is 7.39. The molecule has 6 heteroatoms. The lowest BCUT2D eigenvalue weighted by Crippen LogP contribution is -1.97. The molecule has 0 unspecified atom stereocenters. The Balaban J connectivity index is 1.69. The zero-order valence-electron chi connectivity index (χ0n) is 17.0. The molecule has 1 heterocycles. The van der Waals surface area contributed by atoms with Crippen molar-refractivity contribution in [3.63, 3.8) is 0 Å². The number of carboxylic acids is 1. The van der Waals surface area contributed by atoms with Gasteiger partial charge in [0.2, 0.25) is 5.88 Å². The average Bonchev–Trinajstić information content (AvgIpc) is 2.70. The summed E-state index contributed by atoms with van der Waals surface area (Å²) in [7, 11) is 0. The van der Waals surface area contributed by atoms with Crippen LogP contribution >= 0.6 is 11.6 Å². The lowest BCUT2D eigenvalue weighted by Gasteiger charge is -2.13. The Bertz CT molecular complexity index is 1050. The fraction of sp³-hybridized carbons (Fsp3) is 0.167. The monoisotopic (exact) mass is 423 g/mol. The fourth-order valence-electron chi connectivity index (χ4n) is 2.82. The Morgan fingerprint density at radius 2 is 1.87 bits per heavy atom. The molecule has 0 spiro atoms. The number of halogens is 1. The molecule has 0 atom stereocenters. The summed E-state index contributed by atoms with van der Waals surface area (Å²) in [5.74, 6) is 0.489. The third-order valence-electron chi connectivity index (χ3n) is 4.47. The van der Waals surface area contributed by atoms with Crippen LogP contribution in [0.15, 0.2) is 60.8 Å². The highest BCUT2D eigenvalue weighted by Crippen LogP contribution is 2.35. The maximum atomic E-state index is 10.9. The molecule has 3 aromatic rings. The number of carbonyl (C=O) groups is 1. The molecule has 5 nitrogen and oxygen atoms in total. The van der Waals surface area contributed by atoms with Gasteiger partial charge in [-0.15, -0.1) is 0 Å². The summed E-state index contributed by atoms with van der Waals surface area (Å²) in [5.41, 5.74) is 4.39. The average molecular weight is 424 g/mol. The molecule has 0 aliphatic heterocycles. The van der Waals surface area contributed by atoms with Gasteiger partial charge in [-0.05, 0) is 61.2 Å². The van der Waals surface area contributed by atoms with Gasteiger partial charge in [-0.25, -0.2) is 9.78 Å². The van der Waals surface area contributed by atoms with Crippen LogP contribution < -0.4 is 9.47 Å². The Hall–Kier alpha value is -3.31. The Kier molecular flexibility index (Phi) is 6.75. The van der Waals surface area contributed by atoms with Crippen molar-refractivity contribution in [2.45, 2.75) is 27.4 Å². The molecular formula is C24H22ClNO4. The van der Waals surface area contributed by atoms with Gasteiger partial charge in [0, 0.05) is 12.1 Å². The number of benzene rings is 2. The van der Waals surface area contributed by atoms with E-state index in [1.54, 1.807) is 31.3 Å². The summed E-state index contributed by atoms with van der Waals surface area (Å²) in [5, 5.41) is 9.30. The lowest BCUT2D eigenvalue weighted by atomic mass is 10.0. The van der Waals surface area contributed by atoms with E-state index in [2.05, 4.69) is 4.98 Å². The van der Waals surface area contributed by atoms with E-state index < -0.39 is 5.97 Å². The maximum absolute atomic E-state index is 10.9. The number of ether oxygens (including phenoxy) is 2. The Labute approximate surface area is 180 Å². The van der Waals surface area contributed by atoms with Gasteiger partial charge < -0.3 is 14.6 Å². The van der Waals surface area contributed by atoms with Crippen molar-refractivity contribution in [3.8, 4) is 17.4 Å². The number of aryl methyl sites for hydroxylation is 2. The smallest absolute Gasteiger partial charge is 0.328 e. The normalized spacial score (nSPS) is 11.3. The number of pyridine rings is 1. The third kappa shape index (κ3) is 5.61. The number of carboxylic acid groups (broad SMARTS) is 1. The number of aliphatic carboxylic acids is 1. The van der Waals surface area contributed by atoms with Crippen molar-refractivity contribution < 1.29 is 19.4 Å². The summed E-state index contributed by atoms with van der Waals surface area (Å²) in [6.45, 7) is 6.06.